The fraction of sp³-hybridized carbons (Fsp3) is 0.125. The van der Waals surface area contributed by atoms with E-state index in [9.17, 15) is 0 Å². The molecule has 0 fully saturated rings. The van der Waals surface area contributed by atoms with Gasteiger partial charge >= 0.3 is 0 Å². The summed E-state index contributed by atoms with van der Waals surface area (Å²) >= 11 is 2.77. The molecular formula is C8H5N5S2. The van der Waals surface area contributed by atoms with Crippen LogP contribution in [-0.2, 0) is 0 Å². The van der Waals surface area contributed by atoms with E-state index in [-0.39, 0.29) is 0 Å². The van der Waals surface area contributed by atoms with Gasteiger partial charge in [-0.2, -0.15) is 5.26 Å². The van der Waals surface area contributed by atoms with Crippen LogP contribution in [0.3, 0.4) is 0 Å². The van der Waals surface area contributed by atoms with Gasteiger partial charge in [-0.05, 0) is 18.7 Å². The van der Waals surface area contributed by atoms with Crippen LogP contribution < -0.4 is 0 Å². The molecule has 0 saturated heterocycles. The molecule has 0 aliphatic carbocycles. The van der Waals surface area contributed by atoms with Crippen molar-refractivity contribution < 1.29 is 0 Å². The Balaban J connectivity index is 2.28. The first-order chi connectivity index (χ1) is 7.29. The van der Waals surface area contributed by atoms with Crippen LogP contribution in [0, 0.1) is 18.3 Å². The van der Waals surface area contributed by atoms with Crippen LogP contribution in [0.15, 0.2) is 21.8 Å². The minimum Gasteiger partial charge on any atom is -0.245 e. The predicted molar refractivity (Wildman–Crippen MR) is 55.5 cm³/mol. The quantitative estimate of drug-likeness (QED) is 0.788. The molecule has 74 valence electrons. The highest BCUT2D eigenvalue weighted by atomic mass is 32.2. The van der Waals surface area contributed by atoms with Crippen molar-refractivity contribution in [2.75, 3.05) is 0 Å². The van der Waals surface area contributed by atoms with Gasteiger partial charge in [0.1, 0.15) is 16.1 Å². The minimum absolute atomic E-state index is 0.315. The van der Waals surface area contributed by atoms with Gasteiger partial charge in [0.2, 0.25) is 0 Å². The van der Waals surface area contributed by atoms with E-state index in [1.54, 1.807) is 6.20 Å². The van der Waals surface area contributed by atoms with Gasteiger partial charge < -0.3 is 0 Å². The Morgan fingerprint density at radius 2 is 2.13 bits per heavy atom. The average Bonchev–Trinajstić information content (AvgIpc) is 2.65. The molecule has 2 aromatic heterocycles. The van der Waals surface area contributed by atoms with Gasteiger partial charge in [-0.15, -0.1) is 10.2 Å². The molecule has 0 aliphatic heterocycles. The Hall–Kier alpha value is -1.52. The van der Waals surface area contributed by atoms with Crippen molar-refractivity contribution in [3.05, 3.63) is 23.1 Å². The molecule has 2 heterocycles. The van der Waals surface area contributed by atoms with Gasteiger partial charge in [0.25, 0.3) is 0 Å². The van der Waals surface area contributed by atoms with Crippen molar-refractivity contribution in [3.8, 4) is 6.07 Å². The summed E-state index contributed by atoms with van der Waals surface area (Å²) in [6, 6.07) is 1.98. The molecule has 0 N–H and O–H groups in total. The molecule has 0 aliphatic rings. The van der Waals surface area contributed by atoms with E-state index >= 15 is 0 Å². The van der Waals surface area contributed by atoms with Gasteiger partial charge in [-0.1, -0.05) is 11.3 Å². The van der Waals surface area contributed by atoms with Crippen molar-refractivity contribution in [1.29, 1.82) is 5.26 Å². The number of nitrogens with zero attached hydrogens (tertiary/aromatic N) is 5. The second kappa shape index (κ2) is 4.33. The molecule has 2 aromatic rings. The van der Waals surface area contributed by atoms with Crippen LogP contribution in [0.25, 0.3) is 0 Å². The maximum absolute atomic E-state index is 8.80. The summed E-state index contributed by atoms with van der Waals surface area (Å²) in [5, 5.41) is 18.1. The summed E-state index contributed by atoms with van der Waals surface area (Å²) in [5.41, 5.74) is 0.315. The third-order valence-corrected chi connectivity index (χ3v) is 3.34. The lowest BCUT2D eigenvalue weighted by Crippen LogP contribution is -1.89. The first-order valence-corrected chi connectivity index (χ1v) is 5.62. The molecule has 0 aromatic carbocycles. The Bertz CT molecular complexity index is 516. The third kappa shape index (κ3) is 2.29. The summed E-state index contributed by atoms with van der Waals surface area (Å²) in [5.74, 6) is 0. The molecule has 0 unspecified atom stereocenters. The average molecular weight is 235 g/mol. The van der Waals surface area contributed by atoms with E-state index in [2.05, 4.69) is 20.2 Å². The molecule has 15 heavy (non-hydrogen) atoms. The lowest BCUT2D eigenvalue weighted by molar-refractivity contribution is 0.973. The van der Waals surface area contributed by atoms with Crippen LogP contribution >= 0.6 is 23.1 Å². The van der Waals surface area contributed by atoms with Crippen molar-refractivity contribution in [2.45, 2.75) is 16.3 Å². The lowest BCUT2D eigenvalue weighted by Gasteiger charge is -1.96. The minimum atomic E-state index is 0.315. The molecular weight excluding hydrogens is 230 g/mol. The monoisotopic (exact) mass is 235 g/mol. The Kier molecular flexibility index (Phi) is 2.89. The van der Waals surface area contributed by atoms with E-state index in [0.717, 1.165) is 9.35 Å². The van der Waals surface area contributed by atoms with Crippen molar-refractivity contribution in [1.82, 2.24) is 20.2 Å². The smallest absolute Gasteiger partial charge is 0.180 e. The summed E-state index contributed by atoms with van der Waals surface area (Å²) < 4.78 is 0.768. The van der Waals surface area contributed by atoms with Gasteiger partial charge in [0.15, 0.2) is 10.0 Å². The fourth-order valence-electron chi connectivity index (χ4n) is 0.879. The Morgan fingerprint density at radius 1 is 1.33 bits per heavy atom. The normalized spacial score (nSPS) is 9.87. The Morgan fingerprint density at radius 3 is 2.80 bits per heavy atom. The van der Waals surface area contributed by atoms with E-state index < -0.39 is 0 Å². The first kappa shape index (κ1) is 10.0. The van der Waals surface area contributed by atoms with Gasteiger partial charge in [-0.25, -0.2) is 9.97 Å². The van der Waals surface area contributed by atoms with E-state index in [1.165, 1.54) is 29.3 Å². The summed E-state index contributed by atoms with van der Waals surface area (Å²) in [7, 11) is 0. The molecule has 0 amide bonds. The standard InChI is InChI=1S/C8H5N5S2/c1-5-12-13-8(14-5)15-7-6(4-9)10-2-3-11-7/h2-3H,1H3. The zero-order valence-corrected chi connectivity index (χ0v) is 9.34. The van der Waals surface area contributed by atoms with Crippen molar-refractivity contribution >= 4 is 23.1 Å². The number of hydrogen-bond acceptors (Lipinski definition) is 7. The zero-order valence-electron chi connectivity index (χ0n) is 7.71. The number of hydrogen-bond donors (Lipinski definition) is 0. The number of aryl methyl sites for hydroxylation is 1. The molecule has 7 heteroatoms. The highest BCUT2D eigenvalue weighted by Crippen LogP contribution is 2.29. The summed E-state index contributed by atoms with van der Waals surface area (Å²) in [6.45, 7) is 1.88. The number of rotatable bonds is 2. The van der Waals surface area contributed by atoms with Gasteiger partial charge in [0.05, 0.1) is 0 Å². The van der Waals surface area contributed by atoms with Crippen LogP contribution in [0.2, 0.25) is 0 Å². The Labute approximate surface area is 94.2 Å². The van der Waals surface area contributed by atoms with Gasteiger partial charge in [-0.3, -0.25) is 0 Å². The highest BCUT2D eigenvalue weighted by molar-refractivity contribution is 8.01. The van der Waals surface area contributed by atoms with E-state index in [1.807, 2.05) is 13.0 Å². The number of aromatic nitrogens is 4. The highest BCUT2D eigenvalue weighted by Gasteiger charge is 2.09. The molecule has 0 radical (unpaired) electrons. The third-order valence-electron chi connectivity index (χ3n) is 1.46. The van der Waals surface area contributed by atoms with Crippen molar-refractivity contribution in [2.24, 2.45) is 0 Å². The fourth-order valence-corrected chi connectivity index (χ4v) is 2.62. The van der Waals surface area contributed by atoms with Crippen LogP contribution in [0.4, 0.5) is 0 Å². The molecule has 0 bridgehead atoms. The molecule has 0 saturated carbocycles. The zero-order chi connectivity index (χ0) is 10.7. The maximum Gasteiger partial charge on any atom is 0.180 e. The largest absolute Gasteiger partial charge is 0.245 e. The molecule has 2 rings (SSSR count). The second-order valence-corrected chi connectivity index (χ2v) is 4.93. The van der Waals surface area contributed by atoms with E-state index in [0.29, 0.717) is 10.7 Å². The number of nitriles is 1. The first-order valence-electron chi connectivity index (χ1n) is 3.98. The lowest BCUT2D eigenvalue weighted by atomic mass is 10.5. The SMILES string of the molecule is Cc1nnc(Sc2nccnc2C#N)s1. The topological polar surface area (TPSA) is 75.3 Å². The van der Waals surface area contributed by atoms with Gasteiger partial charge in [0, 0.05) is 12.4 Å². The summed E-state index contributed by atoms with van der Waals surface area (Å²) in [4.78, 5) is 7.98. The maximum atomic E-state index is 8.80. The van der Waals surface area contributed by atoms with Crippen LogP contribution in [0.1, 0.15) is 10.7 Å². The van der Waals surface area contributed by atoms with Crippen molar-refractivity contribution in [3.63, 3.8) is 0 Å². The second-order valence-electron chi connectivity index (χ2n) is 2.51. The van der Waals surface area contributed by atoms with Crippen LogP contribution in [-0.4, -0.2) is 20.2 Å². The predicted octanol–water partition coefficient (Wildman–Crippen LogP) is 1.66. The molecule has 0 spiro atoms. The van der Waals surface area contributed by atoms with E-state index in [4.69, 9.17) is 5.26 Å². The molecule has 5 nitrogen and oxygen atoms in total. The molecule has 0 atom stereocenters. The summed E-state index contributed by atoms with van der Waals surface area (Å²) in [6.07, 6.45) is 3.05. The van der Waals surface area contributed by atoms with Crippen LogP contribution in [0.5, 0.6) is 0 Å².